The molecule has 2 aliphatic rings. The van der Waals surface area contributed by atoms with E-state index in [1.807, 2.05) is 0 Å². The second kappa shape index (κ2) is 8.26. The van der Waals surface area contributed by atoms with Crippen molar-refractivity contribution in [3.63, 3.8) is 0 Å². The third kappa shape index (κ3) is 4.59. The van der Waals surface area contributed by atoms with Crippen LogP contribution in [0.3, 0.4) is 0 Å². The highest BCUT2D eigenvalue weighted by Gasteiger charge is 2.39. The van der Waals surface area contributed by atoms with Crippen LogP contribution in [0, 0.1) is 0 Å². The van der Waals surface area contributed by atoms with Crippen molar-refractivity contribution in [2.24, 2.45) is 0 Å². The fourth-order valence-electron chi connectivity index (χ4n) is 3.27. The molecule has 7 nitrogen and oxygen atoms in total. The third-order valence-electron chi connectivity index (χ3n) is 4.62. The largest absolute Gasteiger partial charge is 0.337 e. The summed E-state index contributed by atoms with van der Waals surface area (Å²) in [6.07, 6.45) is 1.93. The second-order valence-corrected chi connectivity index (χ2v) is 10.2. The molecule has 0 N–H and O–H groups in total. The summed E-state index contributed by atoms with van der Waals surface area (Å²) in [5, 5.41) is -0.0185. The Morgan fingerprint density at radius 2 is 2.14 bits per heavy atom. The van der Waals surface area contributed by atoms with E-state index in [2.05, 4.69) is 0 Å². The van der Waals surface area contributed by atoms with E-state index in [-0.39, 0.29) is 16.4 Å². The lowest BCUT2D eigenvalue weighted by Gasteiger charge is -2.28. The van der Waals surface area contributed by atoms with Crippen LogP contribution in [0.1, 0.15) is 18.9 Å². The van der Waals surface area contributed by atoms with Gasteiger partial charge < -0.3 is 4.90 Å². The molecule has 3 amide bonds. The van der Waals surface area contributed by atoms with Crippen molar-refractivity contribution in [2.75, 3.05) is 24.6 Å². The molecule has 2 aliphatic heterocycles. The van der Waals surface area contributed by atoms with Gasteiger partial charge in [-0.1, -0.05) is 23.7 Å². The molecule has 28 heavy (non-hydrogen) atoms. The number of thioether (sulfide) groups is 1. The Labute approximate surface area is 172 Å². The number of carbonyl (C=O) groups is 3. The lowest BCUT2D eigenvalue weighted by atomic mass is 10.2. The van der Waals surface area contributed by atoms with Gasteiger partial charge in [-0.25, -0.2) is 8.42 Å². The first-order valence-electron chi connectivity index (χ1n) is 8.71. The standard InChI is InChI=1S/C18H19ClN2O5S2/c1-2-20(14-6-7-28(25,26)11-14)16(22)10-21-17(23)15(27-18(21)24)9-12-4-3-5-13(19)8-12/h3-5,8-9,14H,2,6-7,10-11H2,1H3/b15-9-. The second-order valence-electron chi connectivity index (χ2n) is 6.56. The van der Waals surface area contributed by atoms with E-state index in [0.29, 0.717) is 23.6 Å². The summed E-state index contributed by atoms with van der Waals surface area (Å²) >= 11 is 6.70. The fourth-order valence-corrected chi connectivity index (χ4v) is 6.04. The van der Waals surface area contributed by atoms with Gasteiger partial charge in [0.05, 0.1) is 16.4 Å². The van der Waals surface area contributed by atoms with Crippen LogP contribution >= 0.6 is 23.4 Å². The maximum Gasteiger partial charge on any atom is 0.294 e. The van der Waals surface area contributed by atoms with E-state index in [0.717, 1.165) is 16.7 Å². The number of amides is 3. The molecule has 2 saturated heterocycles. The quantitative estimate of drug-likeness (QED) is 0.650. The van der Waals surface area contributed by atoms with Gasteiger partial charge >= 0.3 is 0 Å². The Bertz CT molecular complexity index is 960. The van der Waals surface area contributed by atoms with Crippen LogP contribution < -0.4 is 0 Å². The smallest absolute Gasteiger partial charge is 0.294 e. The molecule has 150 valence electrons. The molecular weight excluding hydrogens is 424 g/mol. The number of hydrogen-bond donors (Lipinski definition) is 0. The molecule has 1 aromatic carbocycles. The molecule has 1 unspecified atom stereocenters. The van der Waals surface area contributed by atoms with Crippen LogP contribution in [0.2, 0.25) is 5.02 Å². The van der Waals surface area contributed by atoms with Crippen LogP contribution in [0.4, 0.5) is 4.79 Å². The van der Waals surface area contributed by atoms with E-state index >= 15 is 0 Å². The summed E-state index contributed by atoms with van der Waals surface area (Å²) < 4.78 is 23.4. The number of nitrogens with zero attached hydrogens (tertiary/aromatic N) is 2. The molecule has 0 aromatic heterocycles. The molecule has 1 aromatic rings. The van der Waals surface area contributed by atoms with Crippen molar-refractivity contribution in [1.29, 1.82) is 0 Å². The minimum absolute atomic E-state index is 0.0470. The molecule has 2 fully saturated rings. The molecule has 0 radical (unpaired) electrons. The average Bonchev–Trinajstić information content (AvgIpc) is 3.10. The summed E-state index contributed by atoms with van der Waals surface area (Å²) in [4.78, 5) is 40.1. The molecule has 1 atom stereocenters. The van der Waals surface area contributed by atoms with Crippen LogP contribution in [0.15, 0.2) is 29.2 Å². The minimum atomic E-state index is -3.15. The number of likely N-dealkylation sites (N-methyl/N-ethyl adjacent to an activating group) is 1. The maximum atomic E-state index is 12.7. The topological polar surface area (TPSA) is 91.8 Å². The van der Waals surface area contributed by atoms with E-state index in [1.54, 1.807) is 37.3 Å². The number of benzene rings is 1. The summed E-state index contributed by atoms with van der Waals surface area (Å²) in [5.41, 5.74) is 0.677. The van der Waals surface area contributed by atoms with Gasteiger partial charge in [0.1, 0.15) is 6.54 Å². The van der Waals surface area contributed by atoms with Gasteiger partial charge in [-0.2, -0.15) is 0 Å². The molecular formula is C18H19ClN2O5S2. The molecule has 0 aliphatic carbocycles. The van der Waals surface area contributed by atoms with Gasteiger partial charge in [0, 0.05) is 17.6 Å². The van der Waals surface area contributed by atoms with Gasteiger partial charge in [-0.15, -0.1) is 0 Å². The predicted octanol–water partition coefficient (Wildman–Crippen LogP) is 2.41. The molecule has 10 heteroatoms. The molecule has 0 bridgehead atoms. The maximum absolute atomic E-state index is 12.7. The van der Waals surface area contributed by atoms with E-state index in [9.17, 15) is 22.8 Å². The molecule has 0 spiro atoms. The lowest BCUT2D eigenvalue weighted by Crippen LogP contribution is -2.47. The minimum Gasteiger partial charge on any atom is -0.337 e. The first-order chi connectivity index (χ1) is 13.2. The first kappa shape index (κ1) is 20.9. The normalized spacial score (nSPS) is 22.9. The van der Waals surface area contributed by atoms with Crippen molar-refractivity contribution in [2.45, 2.75) is 19.4 Å². The highest BCUT2D eigenvalue weighted by molar-refractivity contribution is 8.18. The van der Waals surface area contributed by atoms with Crippen LogP contribution in [-0.2, 0) is 19.4 Å². The highest BCUT2D eigenvalue weighted by Crippen LogP contribution is 2.32. The number of sulfone groups is 1. The van der Waals surface area contributed by atoms with Gasteiger partial charge in [0.2, 0.25) is 5.91 Å². The monoisotopic (exact) mass is 442 g/mol. The zero-order valence-electron chi connectivity index (χ0n) is 15.1. The van der Waals surface area contributed by atoms with Crippen molar-refractivity contribution in [3.8, 4) is 0 Å². The Kier molecular flexibility index (Phi) is 6.16. The van der Waals surface area contributed by atoms with Gasteiger partial charge in [0.15, 0.2) is 9.84 Å². The van der Waals surface area contributed by atoms with Crippen LogP contribution in [-0.4, -0.2) is 65.9 Å². The summed E-state index contributed by atoms with van der Waals surface area (Å²) in [5.74, 6) is -1.01. The summed E-state index contributed by atoms with van der Waals surface area (Å²) in [6.45, 7) is 1.66. The summed E-state index contributed by atoms with van der Waals surface area (Å²) in [7, 11) is -3.15. The molecule has 3 rings (SSSR count). The zero-order chi connectivity index (χ0) is 20.5. The zero-order valence-corrected chi connectivity index (χ0v) is 17.5. The van der Waals surface area contributed by atoms with Gasteiger partial charge in [-0.05, 0) is 48.9 Å². The summed E-state index contributed by atoms with van der Waals surface area (Å²) in [6, 6.07) is 6.44. The highest BCUT2D eigenvalue weighted by atomic mass is 35.5. The number of carbonyl (C=O) groups excluding carboxylic acids is 3. The predicted molar refractivity (Wildman–Crippen MR) is 109 cm³/mol. The van der Waals surface area contributed by atoms with Gasteiger partial charge in [0.25, 0.3) is 11.1 Å². The Morgan fingerprint density at radius 3 is 2.75 bits per heavy atom. The lowest BCUT2D eigenvalue weighted by molar-refractivity contribution is -0.137. The Hall–Kier alpha value is -1.84. The van der Waals surface area contributed by atoms with Crippen molar-refractivity contribution in [3.05, 3.63) is 39.8 Å². The third-order valence-corrected chi connectivity index (χ3v) is 7.52. The van der Waals surface area contributed by atoms with E-state index in [1.165, 1.54) is 4.90 Å². The number of hydrogen-bond acceptors (Lipinski definition) is 6. The van der Waals surface area contributed by atoms with Gasteiger partial charge in [-0.3, -0.25) is 19.3 Å². The fraction of sp³-hybridized carbons (Fsp3) is 0.389. The van der Waals surface area contributed by atoms with Crippen LogP contribution in [0.25, 0.3) is 6.08 Å². The number of halogens is 1. The van der Waals surface area contributed by atoms with Crippen molar-refractivity contribution >= 4 is 56.3 Å². The van der Waals surface area contributed by atoms with E-state index < -0.39 is 39.5 Å². The first-order valence-corrected chi connectivity index (χ1v) is 11.7. The molecule has 0 saturated carbocycles. The molecule has 2 heterocycles. The van der Waals surface area contributed by atoms with E-state index in [4.69, 9.17) is 11.6 Å². The van der Waals surface area contributed by atoms with Crippen molar-refractivity contribution < 1.29 is 22.8 Å². The van der Waals surface area contributed by atoms with Crippen LogP contribution in [0.5, 0.6) is 0 Å². The van der Waals surface area contributed by atoms with Crippen molar-refractivity contribution in [1.82, 2.24) is 9.80 Å². The number of imide groups is 1. The SMILES string of the molecule is CCN(C(=O)CN1C(=O)S/C(=C\c2cccc(Cl)c2)C1=O)C1CCS(=O)(=O)C1. The Balaban J connectivity index is 1.72. The average molecular weight is 443 g/mol. The Morgan fingerprint density at radius 1 is 1.39 bits per heavy atom. The number of rotatable bonds is 5.